The number of amides is 1. The summed E-state index contributed by atoms with van der Waals surface area (Å²) in [6, 6.07) is 8.01. The quantitative estimate of drug-likeness (QED) is 0.868. The van der Waals surface area contributed by atoms with Gasteiger partial charge in [-0.2, -0.15) is 0 Å². The molecule has 1 aromatic carbocycles. The third-order valence-corrected chi connectivity index (χ3v) is 5.00. The molecule has 2 atom stereocenters. The van der Waals surface area contributed by atoms with Crippen LogP contribution in [0.3, 0.4) is 0 Å². The molecular formula is C18H27ClN2O2. The van der Waals surface area contributed by atoms with Gasteiger partial charge in [0.15, 0.2) is 0 Å². The number of rotatable bonds is 5. The summed E-state index contributed by atoms with van der Waals surface area (Å²) in [6.45, 7) is 6.71. The topological polar surface area (TPSA) is 50.4 Å². The van der Waals surface area contributed by atoms with Crippen LogP contribution in [-0.2, 0) is 4.79 Å². The summed E-state index contributed by atoms with van der Waals surface area (Å²) in [5.74, 6) is 1.30. The molecule has 1 saturated heterocycles. The fourth-order valence-corrected chi connectivity index (χ4v) is 3.53. The Labute approximate surface area is 144 Å². The van der Waals surface area contributed by atoms with E-state index in [1.165, 1.54) is 5.56 Å². The Bertz CT molecular complexity index is 544. The lowest BCUT2D eigenvalue weighted by Crippen LogP contribution is -2.37. The van der Waals surface area contributed by atoms with Crippen molar-refractivity contribution in [3.8, 4) is 5.75 Å². The van der Waals surface area contributed by atoms with Gasteiger partial charge in [0.2, 0.25) is 5.91 Å². The fourth-order valence-electron chi connectivity index (χ4n) is 3.53. The molecule has 2 aliphatic rings. The molecule has 1 saturated carbocycles. The van der Waals surface area contributed by atoms with Crippen LogP contribution in [0.2, 0.25) is 0 Å². The standard InChI is InChI=1S/C18H26N2O2.ClH/c1-13-4-3-5-15(10-13)22-14(2)12-20-17(21)16-11-18(16)6-8-19-9-7-18;/h3-5,10,14,16,19H,6-9,11-12H2,1-2H3,(H,20,21);1H. The smallest absolute Gasteiger partial charge is 0.223 e. The Morgan fingerprint density at radius 1 is 1.43 bits per heavy atom. The Balaban J connectivity index is 0.00000192. The van der Waals surface area contributed by atoms with Gasteiger partial charge in [-0.05, 0) is 69.3 Å². The van der Waals surface area contributed by atoms with Crippen LogP contribution in [0.1, 0.15) is 31.7 Å². The molecule has 2 unspecified atom stereocenters. The number of ether oxygens (including phenoxy) is 1. The Morgan fingerprint density at radius 3 is 2.87 bits per heavy atom. The highest BCUT2D eigenvalue weighted by Gasteiger charge is 2.57. The number of nitrogens with one attached hydrogen (secondary N) is 2. The molecule has 2 N–H and O–H groups in total. The van der Waals surface area contributed by atoms with Gasteiger partial charge in [0.25, 0.3) is 0 Å². The second-order valence-corrected chi connectivity index (χ2v) is 6.86. The van der Waals surface area contributed by atoms with Gasteiger partial charge in [-0.3, -0.25) is 4.79 Å². The molecule has 1 amide bonds. The van der Waals surface area contributed by atoms with Crippen LogP contribution in [0.5, 0.6) is 5.75 Å². The number of hydrogen-bond donors (Lipinski definition) is 2. The summed E-state index contributed by atoms with van der Waals surface area (Å²) in [4.78, 5) is 12.3. The van der Waals surface area contributed by atoms with Crippen molar-refractivity contribution in [2.24, 2.45) is 11.3 Å². The van der Waals surface area contributed by atoms with E-state index in [0.717, 1.165) is 38.1 Å². The summed E-state index contributed by atoms with van der Waals surface area (Å²) in [5.41, 5.74) is 1.48. The molecule has 1 aromatic rings. The lowest BCUT2D eigenvalue weighted by Gasteiger charge is -2.23. The van der Waals surface area contributed by atoms with E-state index in [-0.39, 0.29) is 30.3 Å². The van der Waals surface area contributed by atoms with Crippen LogP contribution in [0.15, 0.2) is 24.3 Å². The molecular weight excluding hydrogens is 312 g/mol. The van der Waals surface area contributed by atoms with E-state index in [1.54, 1.807) is 0 Å². The minimum atomic E-state index is -0.0199. The van der Waals surface area contributed by atoms with Gasteiger partial charge in [0.1, 0.15) is 11.9 Å². The average molecular weight is 339 g/mol. The molecule has 23 heavy (non-hydrogen) atoms. The van der Waals surface area contributed by atoms with Gasteiger partial charge in [-0.15, -0.1) is 12.4 Å². The summed E-state index contributed by atoms with van der Waals surface area (Å²) in [6.07, 6.45) is 3.32. The van der Waals surface area contributed by atoms with Gasteiger partial charge in [-0.25, -0.2) is 0 Å². The fraction of sp³-hybridized carbons (Fsp3) is 0.611. The van der Waals surface area contributed by atoms with Crippen LogP contribution in [0, 0.1) is 18.3 Å². The maximum absolute atomic E-state index is 12.3. The molecule has 2 fully saturated rings. The first-order valence-electron chi connectivity index (χ1n) is 8.31. The summed E-state index contributed by atoms with van der Waals surface area (Å²) in [7, 11) is 0. The molecule has 0 bridgehead atoms. The van der Waals surface area contributed by atoms with E-state index in [1.807, 2.05) is 38.1 Å². The van der Waals surface area contributed by atoms with Crippen molar-refractivity contribution in [1.29, 1.82) is 0 Å². The van der Waals surface area contributed by atoms with E-state index in [9.17, 15) is 4.79 Å². The number of piperidine rings is 1. The van der Waals surface area contributed by atoms with Crippen molar-refractivity contribution in [1.82, 2.24) is 10.6 Å². The Morgan fingerprint density at radius 2 is 2.17 bits per heavy atom. The number of carbonyl (C=O) groups excluding carboxylic acids is 1. The predicted molar refractivity (Wildman–Crippen MR) is 94.2 cm³/mol. The van der Waals surface area contributed by atoms with Gasteiger partial charge < -0.3 is 15.4 Å². The lowest BCUT2D eigenvalue weighted by molar-refractivity contribution is -0.123. The molecule has 1 aliphatic heterocycles. The van der Waals surface area contributed by atoms with Crippen LogP contribution >= 0.6 is 12.4 Å². The minimum Gasteiger partial charge on any atom is -0.489 e. The van der Waals surface area contributed by atoms with E-state index >= 15 is 0 Å². The van der Waals surface area contributed by atoms with E-state index in [2.05, 4.69) is 10.6 Å². The zero-order valence-corrected chi connectivity index (χ0v) is 14.7. The van der Waals surface area contributed by atoms with Crippen LogP contribution in [0.4, 0.5) is 0 Å². The molecule has 5 heteroatoms. The SMILES string of the molecule is Cc1cccc(OC(C)CNC(=O)C2CC23CCNCC3)c1.Cl. The van der Waals surface area contributed by atoms with Crippen molar-refractivity contribution in [3.63, 3.8) is 0 Å². The number of halogens is 1. The number of benzene rings is 1. The van der Waals surface area contributed by atoms with Crippen LogP contribution < -0.4 is 15.4 Å². The normalized spacial score (nSPS) is 22.8. The highest BCUT2D eigenvalue weighted by Crippen LogP contribution is 2.58. The highest BCUT2D eigenvalue weighted by atomic mass is 35.5. The van der Waals surface area contributed by atoms with Crippen molar-refractivity contribution in [2.45, 2.75) is 39.2 Å². The van der Waals surface area contributed by atoms with Gasteiger partial charge >= 0.3 is 0 Å². The van der Waals surface area contributed by atoms with Gasteiger partial charge in [0.05, 0.1) is 6.54 Å². The zero-order valence-electron chi connectivity index (χ0n) is 13.9. The van der Waals surface area contributed by atoms with E-state index < -0.39 is 0 Å². The minimum absolute atomic E-state index is 0. The Hall–Kier alpha value is -1.26. The molecule has 128 valence electrons. The monoisotopic (exact) mass is 338 g/mol. The molecule has 0 aromatic heterocycles. The molecule has 3 rings (SSSR count). The first-order chi connectivity index (χ1) is 10.6. The molecule has 1 heterocycles. The largest absolute Gasteiger partial charge is 0.489 e. The lowest BCUT2D eigenvalue weighted by atomic mass is 9.92. The first-order valence-corrected chi connectivity index (χ1v) is 8.31. The third-order valence-electron chi connectivity index (χ3n) is 5.00. The number of hydrogen-bond acceptors (Lipinski definition) is 3. The molecule has 1 spiro atoms. The first kappa shape index (κ1) is 18.1. The average Bonchev–Trinajstić information content (AvgIpc) is 3.19. The van der Waals surface area contributed by atoms with Gasteiger partial charge in [0, 0.05) is 5.92 Å². The number of aryl methyl sites for hydroxylation is 1. The molecule has 0 radical (unpaired) electrons. The predicted octanol–water partition coefficient (Wildman–Crippen LogP) is 2.69. The third kappa shape index (κ3) is 4.39. The van der Waals surface area contributed by atoms with Crippen molar-refractivity contribution >= 4 is 18.3 Å². The maximum Gasteiger partial charge on any atom is 0.223 e. The number of carbonyl (C=O) groups is 1. The second kappa shape index (κ2) is 7.54. The zero-order chi connectivity index (χ0) is 15.6. The summed E-state index contributed by atoms with van der Waals surface area (Å²) < 4.78 is 5.86. The maximum atomic E-state index is 12.3. The molecule has 4 nitrogen and oxygen atoms in total. The van der Waals surface area contributed by atoms with E-state index in [0.29, 0.717) is 12.0 Å². The van der Waals surface area contributed by atoms with Crippen LogP contribution in [-0.4, -0.2) is 31.6 Å². The molecule has 1 aliphatic carbocycles. The van der Waals surface area contributed by atoms with Crippen LogP contribution in [0.25, 0.3) is 0 Å². The van der Waals surface area contributed by atoms with Crippen molar-refractivity contribution < 1.29 is 9.53 Å². The van der Waals surface area contributed by atoms with Crippen molar-refractivity contribution in [2.75, 3.05) is 19.6 Å². The highest BCUT2D eigenvalue weighted by molar-refractivity contribution is 5.85. The second-order valence-electron chi connectivity index (χ2n) is 6.86. The van der Waals surface area contributed by atoms with Crippen molar-refractivity contribution in [3.05, 3.63) is 29.8 Å². The summed E-state index contributed by atoms with van der Waals surface area (Å²) >= 11 is 0. The summed E-state index contributed by atoms with van der Waals surface area (Å²) in [5, 5.41) is 6.44. The van der Waals surface area contributed by atoms with E-state index in [4.69, 9.17) is 4.74 Å². The van der Waals surface area contributed by atoms with Gasteiger partial charge in [-0.1, -0.05) is 12.1 Å². The Kier molecular flexibility index (Phi) is 5.93.